The van der Waals surface area contributed by atoms with Gasteiger partial charge < -0.3 is 15.0 Å². The van der Waals surface area contributed by atoms with E-state index in [1.54, 1.807) is 42.2 Å². The van der Waals surface area contributed by atoms with Gasteiger partial charge in [-0.3, -0.25) is 9.59 Å². The van der Waals surface area contributed by atoms with E-state index in [4.69, 9.17) is 4.74 Å². The highest BCUT2D eigenvalue weighted by Gasteiger charge is 2.14. The van der Waals surface area contributed by atoms with Crippen LogP contribution in [0.5, 0.6) is 0 Å². The minimum atomic E-state index is -0.399. The molecule has 0 unspecified atom stereocenters. The lowest BCUT2D eigenvalue weighted by Crippen LogP contribution is -2.37. The van der Waals surface area contributed by atoms with Crippen molar-refractivity contribution >= 4 is 23.5 Å². The number of hydrogen-bond donors (Lipinski definition) is 1. The Morgan fingerprint density at radius 2 is 1.70 bits per heavy atom. The number of hydrogen-bond acceptors (Lipinski definition) is 4. The van der Waals surface area contributed by atoms with Crippen molar-refractivity contribution in [2.24, 2.45) is 0 Å². The number of carbonyl (C=O) groups is 3. The highest BCUT2D eigenvalue weighted by atomic mass is 16.5. The van der Waals surface area contributed by atoms with Crippen molar-refractivity contribution in [2.45, 2.75) is 20.8 Å². The number of carbonyl (C=O) groups excluding carboxylic acids is 3. The smallest absolute Gasteiger partial charge is 0.338 e. The number of nitrogens with zero attached hydrogens (tertiary/aromatic N) is 1. The third kappa shape index (κ3) is 5.41. The third-order valence-electron chi connectivity index (χ3n) is 4.08. The lowest BCUT2D eigenvalue weighted by molar-refractivity contribution is -0.116. The molecule has 0 aliphatic heterocycles. The molecule has 0 bridgehead atoms. The van der Waals surface area contributed by atoms with Crippen LogP contribution in [0.3, 0.4) is 0 Å². The Labute approximate surface area is 159 Å². The van der Waals surface area contributed by atoms with Crippen LogP contribution in [-0.4, -0.2) is 37.5 Å². The Bertz CT molecular complexity index is 815. The maximum Gasteiger partial charge on any atom is 0.338 e. The van der Waals surface area contributed by atoms with Gasteiger partial charge in [0.2, 0.25) is 5.91 Å². The lowest BCUT2D eigenvalue weighted by atomic mass is 10.1. The average Bonchev–Trinajstić information content (AvgIpc) is 2.65. The van der Waals surface area contributed by atoms with E-state index in [2.05, 4.69) is 5.32 Å². The van der Waals surface area contributed by atoms with Gasteiger partial charge in [0, 0.05) is 31.3 Å². The summed E-state index contributed by atoms with van der Waals surface area (Å²) in [6.45, 7) is 6.03. The fourth-order valence-corrected chi connectivity index (χ4v) is 2.66. The molecule has 27 heavy (non-hydrogen) atoms. The quantitative estimate of drug-likeness (QED) is 0.763. The summed E-state index contributed by atoms with van der Waals surface area (Å²) in [6.07, 6.45) is 0. The van der Waals surface area contributed by atoms with E-state index in [0.29, 0.717) is 36.5 Å². The first-order valence-electron chi connectivity index (χ1n) is 8.83. The molecular weight excluding hydrogens is 344 g/mol. The third-order valence-corrected chi connectivity index (χ3v) is 4.08. The van der Waals surface area contributed by atoms with Crippen molar-refractivity contribution in [3.63, 3.8) is 0 Å². The van der Waals surface area contributed by atoms with Gasteiger partial charge in [0.15, 0.2) is 0 Å². The van der Waals surface area contributed by atoms with E-state index in [-0.39, 0.29) is 11.8 Å². The van der Waals surface area contributed by atoms with Gasteiger partial charge in [-0.1, -0.05) is 18.2 Å². The normalized spacial score (nSPS) is 10.2. The van der Waals surface area contributed by atoms with Crippen LogP contribution in [0.2, 0.25) is 0 Å². The van der Waals surface area contributed by atoms with E-state index >= 15 is 0 Å². The molecule has 0 heterocycles. The van der Waals surface area contributed by atoms with Crippen LogP contribution < -0.4 is 10.2 Å². The number of anilines is 1. The molecule has 2 amide bonds. The minimum Gasteiger partial charge on any atom is -0.462 e. The molecule has 1 N–H and O–H groups in total. The fourth-order valence-electron chi connectivity index (χ4n) is 2.66. The zero-order chi connectivity index (χ0) is 19.8. The number of nitrogens with one attached hydrogen (secondary N) is 1. The second-order valence-corrected chi connectivity index (χ2v) is 6.01. The SMILES string of the molecule is CCOC(=O)c1ccc(N(CCNC(=O)c2ccccc2C)C(C)=O)cc1. The molecule has 0 atom stereocenters. The highest BCUT2D eigenvalue weighted by molar-refractivity contribution is 5.96. The van der Waals surface area contributed by atoms with Gasteiger partial charge in [-0.25, -0.2) is 4.79 Å². The van der Waals surface area contributed by atoms with Gasteiger partial charge in [0.05, 0.1) is 12.2 Å². The first-order chi connectivity index (χ1) is 12.9. The molecule has 0 radical (unpaired) electrons. The molecule has 0 fully saturated rings. The van der Waals surface area contributed by atoms with Gasteiger partial charge in [-0.05, 0) is 49.7 Å². The fraction of sp³-hybridized carbons (Fsp3) is 0.286. The summed E-state index contributed by atoms with van der Waals surface area (Å²) >= 11 is 0. The maximum absolute atomic E-state index is 12.3. The van der Waals surface area contributed by atoms with Gasteiger partial charge in [0.1, 0.15) is 0 Å². The lowest BCUT2D eigenvalue weighted by Gasteiger charge is -2.21. The minimum absolute atomic E-state index is 0.149. The highest BCUT2D eigenvalue weighted by Crippen LogP contribution is 2.16. The van der Waals surface area contributed by atoms with E-state index < -0.39 is 5.97 Å². The molecular formula is C21H24N2O4. The van der Waals surface area contributed by atoms with Crippen molar-refractivity contribution in [2.75, 3.05) is 24.6 Å². The topological polar surface area (TPSA) is 75.7 Å². The Morgan fingerprint density at radius 1 is 1.04 bits per heavy atom. The molecule has 6 nitrogen and oxygen atoms in total. The van der Waals surface area contributed by atoms with Crippen molar-refractivity contribution in [3.8, 4) is 0 Å². The molecule has 0 saturated carbocycles. The number of rotatable bonds is 7. The zero-order valence-corrected chi connectivity index (χ0v) is 15.8. The first kappa shape index (κ1) is 20.2. The number of aryl methyl sites for hydroxylation is 1. The van der Waals surface area contributed by atoms with E-state index in [1.165, 1.54) is 6.92 Å². The van der Waals surface area contributed by atoms with Crippen molar-refractivity contribution in [1.82, 2.24) is 5.32 Å². The molecule has 2 rings (SSSR count). The number of esters is 1. The molecule has 0 aliphatic rings. The Hall–Kier alpha value is -3.15. The molecule has 6 heteroatoms. The van der Waals surface area contributed by atoms with Gasteiger partial charge in [-0.15, -0.1) is 0 Å². The first-order valence-corrected chi connectivity index (χ1v) is 8.83. The molecule has 0 spiro atoms. The Balaban J connectivity index is 1.99. The van der Waals surface area contributed by atoms with Crippen LogP contribution in [0, 0.1) is 6.92 Å². The van der Waals surface area contributed by atoms with Gasteiger partial charge in [-0.2, -0.15) is 0 Å². The van der Waals surface area contributed by atoms with Gasteiger partial charge in [0.25, 0.3) is 5.91 Å². The summed E-state index contributed by atoms with van der Waals surface area (Å²) < 4.78 is 4.95. The average molecular weight is 368 g/mol. The second kappa shape index (κ2) is 9.52. The standard InChI is InChI=1S/C21H24N2O4/c1-4-27-21(26)17-9-11-18(12-10-17)23(16(3)24)14-13-22-20(25)19-8-6-5-7-15(19)2/h5-12H,4,13-14H2,1-3H3,(H,22,25). The summed E-state index contributed by atoms with van der Waals surface area (Å²) in [5.41, 5.74) is 2.59. The van der Waals surface area contributed by atoms with Crippen LogP contribution in [0.15, 0.2) is 48.5 Å². The molecule has 2 aromatic carbocycles. The van der Waals surface area contributed by atoms with Crippen molar-refractivity contribution in [3.05, 3.63) is 65.2 Å². The molecule has 2 aromatic rings. The van der Waals surface area contributed by atoms with E-state index in [1.807, 2.05) is 25.1 Å². The van der Waals surface area contributed by atoms with Crippen LogP contribution in [0.25, 0.3) is 0 Å². The second-order valence-electron chi connectivity index (χ2n) is 6.01. The Kier molecular flexibility index (Phi) is 7.11. The predicted octanol–water partition coefficient (Wildman–Crippen LogP) is 2.95. The van der Waals surface area contributed by atoms with E-state index in [9.17, 15) is 14.4 Å². The van der Waals surface area contributed by atoms with Crippen molar-refractivity contribution in [1.29, 1.82) is 0 Å². The summed E-state index contributed by atoms with van der Waals surface area (Å²) in [5, 5.41) is 2.83. The molecule has 0 aromatic heterocycles. The van der Waals surface area contributed by atoms with E-state index in [0.717, 1.165) is 5.56 Å². The predicted molar refractivity (Wildman–Crippen MR) is 104 cm³/mol. The maximum atomic E-state index is 12.3. The largest absolute Gasteiger partial charge is 0.462 e. The summed E-state index contributed by atoms with van der Waals surface area (Å²) in [5.74, 6) is -0.720. The van der Waals surface area contributed by atoms with Crippen LogP contribution in [0.1, 0.15) is 40.1 Å². The van der Waals surface area contributed by atoms with Crippen molar-refractivity contribution < 1.29 is 19.1 Å². The number of benzene rings is 2. The Morgan fingerprint density at radius 3 is 2.30 bits per heavy atom. The zero-order valence-electron chi connectivity index (χ0n) is 15.8. The number of ether oxygens (including phenoxy) is 1. The van der Waals surface area contributed by atoms with Crippen LogP contribution in [0.4, 0.5) is 5.69 Å². The summed E-state index contributed by atoms with van der Waals surface area (Å²) in [6, 6.07) is 14.0. The summed E-state index contributed by atoms with van der Waals surface area (Å²) in [4.78, 5) is 37.5. The summed E-state index contributed by atoms with van der Waals surface area (Å²) in [7, 11) is 0. The molecule has 0 aliphatic carbocycles. The van der Waals surface area contributed by atoms with Gasteiger partial charge >= 0.3 is 5.97 Å². The van der Waals surface area contributed by atoms with Crippen LogP contribution >= 0.6 is 0 Å². The monoisotopic (exact) mass is 368 g/mol. The number of amides is 2. The molecule has 0 saturated heterocycles. The molecule has 142 valence electrons. The van der Waals surface area contributed by atoms with Crippen LogP contribution in [-0.2, 0) is 9.53 Å².